The third kappa shape index (κ3) is 6.75. The van der Waals surface area contributed by atoms with Crippen LogP contribution < -0.4 is 10.6 Å². The molecule has 6 nitrogen and oxygen atoms in total. The Kier molecular flexibility index (Phi) is 9.35. The summed E-state index contributed by atoms with van der Waals surface area (Å²) in [5.74, 6) is 0.938. The highest BCUT2D eigenvalue weighted by molar-refractivity contribution is 14.0. The summed E-state index contributed by atoms with van der Waals surface area (Å²) >= 11 is 0. The molecule has 1 aliphatic rings. The quantitative estimate of drug-likeness (QED) is 0.276. The zero-order chi connectivity index (χ0) is 18.3. The van der Waals surface area contributed by atoms with Crippen LogP contribution in [0.4, 0.5) is 0 Å². The molecule has 0 saturated heterocycles. The molecule has 0 unspecified atom stereocenters. The molecule has 2 rings (SSSR count). The first-order valence-electron chi connectivity index (χ1n) is 8.79. The zero-order valence-corrected chi connectivity index (χ0v) is 18.5. The number of ether oxygens (including phenoxy) is 1. The van der Waals surface area contributed by atoms with Crippen LogP contribution in [0.25, 0.3) is 0 Å². The Labute approximate surface area is 173 Å². The lowest BCUT2D eigenvalue weighted by molar-refractivity contribution is -0.131. The van der Waals surface area contributed by atoms with Gasteiger partial charge in [0.2, 0.25) is 5.91 Å². The minimum atomic E-state index is -0.252. The third-order valence-corrected chi connectivity index (χ3v) is 4.51. The van der Waals surface area contributed by atoms with Gasteiger partial charge >= 0.3 is 0 Å². The van der Waals surface area contributed by atoms with E-state index in [0.29, 0.717) is 19.5 Å². The Hall–Kier alpha value is -1.35. The number of carbonyl (C=O) groups is 1. The number of hydrogen-bond acceptors (Lipinski definition) is 3. The van der Waals surface area contributed by atoms with Crippen molar-refractivity contribution >= 4 is 35.8 Å². The normalized spacial score (nSPS) is 13.8. The molecule has 7 heteroatoms. The van der Waals surface area contributed by atoms with Crippen LogP contribution in [0.1, 0.15) is 37.8 Å². The summed E-state index contributed by atoms with van der Waals surface area (Å²) in [5.41, 5.74) is 2.27. The number of nitrogens with one attached hydrogen (secondary N) is 2. The Morgan fingerprint density at radius 3 is 2.38 bits per heavy atom. The zero-order valence-electron chi connectivity index (χ0n) is 16.2. The second-order valence-corrected chi connectivity index (χ2v) is 6.94. The van der Waals surface area contributed by atoms with Crippen LogP contribution in [0.3, 0.4) is 0 Å². The maximum absolute atomic E-state index is 12.4. The van der Waals surface area contributed by atoms with Gasteiger partial charge in [-0.25, -0.2) is 0 Å². The highest BCUT2D eigenvalue weighted by Gasteiger charge is 2.22. The van der Waals surface area contributed by atoms with Crippen LogP contribution in [0, 0.1) is 0 Å². The molecular formula is C19H31IN4O2. The first-order chi connectivity index (χ1) is 11.9. The molecule has 1 aliphatic heterocycles. The van der Waals surface area contributed by atoms with E-state index >= 15 is 0 Å². The van der Waals surface area contributed by atoms with Crippen LogP contribution in [0.2, 0.25) is 0 Å². The van der Waals surface area contributed by atoms with E-state index in [1.165, 1.54) is 11.1 Å². The lowest BCUT2D eigenvalue weighted by Crippen LogP contribution is -2.45. The number of carbonyl (C=O) groups excluding carboxylic acids is 1. The number of benzene rings is 1. The van der Waals surface area contributed by atoms with E-state index in [-0.39, 0.29) is 35.5 Å². The van der Waals surface area contributed by atoms with Crippen molar-refractivity contribution in [1.29, 1.82) is 0 Å². The second kappa shape index (κ2) is 10.7. The highest BCUT2D eigenvalue weighted by atomic mass is 127. The number of fused-ring (bicyclic) bond motifs is 1. The monoisotopic (exact) mass is 474 g/mol. The van der Waals surface area contributed by atoms with Crippen LogP contribution in [-0.4, -0.2) is 49.6 Å². The summed E-state index contributed by atoms with van der Waals surface area (Å²) in [5, 5.41) is 6.48. The largest absolute Gasteiger partial charge is 0.377 e. The van der Waals surface area contributed by atoms with Crippen molar-refractivity contribution in [2.75, 3.05) is 27.2 Å². The number of rotatable bonds is 7. The van der Waals surface area contributed by atoms with Crippen LogP contribution in [0.15, 0.2) is 29.3 Å². The molecule has 1 aromatic carbocycles. The van der Waals surface area contributed by atoms with Crippen molar-refractivity contribution in [1.82, 2.24) is 15.5 Å². The lowest BCUT2D eigenvalue weighted by Gasteiger charge is -2.24. The number of methoxy groups -OCH3 is 1. The summed E-state index contributed by atoms with van der Waals surface area (Å²) in [6, 6.07) is 8.25. The summed E-state index contributed by atoms with van der Waals surface area (Å²) in [7, 11) is 3.43. The van der Waals surface area contributed by atoms with Gasteiger partial charge in [0.15, 0.2) is 5.96 Å². The number of guanidine groups is 1. The van der Waals surface area contributed by atoms with E-state index in [9.17, 15) is 4.79 Å². The molecule has 0 spiro atoms. The fraction of sp³-hybridized carbons (Fsp3) is 0.579. The fourth-order valence-corrected chi connectivity index (χ4v) is 2.70. The Bertz CT molecular complexity index is 594. The Morgan fingerprint density at radius 1 is 1.23 bits per heavy atom. The highest BCUT2D eigenvalue weighted by Crippen LogP contribution is 2.22. The smallest absolute Gasteiger partial charge is 0.223 e. The first-order valence-corrected chi connectivity index (χ1v) is 8.79. The number of nitrogens with zero attached hydrogens (tertiary/aromatic N) is 2. The van der Waals surface area contributed by atoms with Gasteiger partial charge in [-0.2, -0.15) is 0 Å². The van der Waals surface area contributed by atoms with Gasteiger partial charge in [-0.1, -0.05) is 24.3 Å². The molecule has 1 aromatic rings. The minimum Gasteiger partial charge on any atom is -0.377 e. The summed E-state index contributed by atoms with van der Waals surface area (Å²) in [4.78, 5) is 18.5. The fourth-order valence-electron chi connectivity index (χ4n) is 2.70. The maximum atomic E-state index is 12.4. The van der Waals surface area contributed by atoms with Crippen molar-refractivity contribution < 1.29 is 9.53 Å². The van der Waals surface area contributed by atoms with E-state index < -0.39 is 0 Å². The van der Waals surface area contributed by atoms with Crippen molar-refractivity contribution in [2.24, 2.45) is 4.99 Å². The van der Waals surface area contributed by atoms with Gasteiger partial charge in [-0.05, 0) is 31.4 Å². The predicted octanol–water partition coefficient (Wildman–Crippen LogP) is 2.52. The molecule has 0 radical (unpaired) electrons. The number of aliphatic imine (C=N–C) groups is 1. The van der Waals surface area contributed by atoms with Gasteiger partial charge in [0.05, 0.1) is 5.60 Å². The summed E-state index contributed by atoms with van der Waals surface area (Å²) < 4.78 is 5.38. The number of amides is 1. The molecule has 0 aliphatic carbocycles. The molecule has 0 fully saturated rings. The molecule has 0 bridgehead atoms. The molecule has 0 saturated carbocycles. The Balaban J connectivity index is 0.00000338. The molecule has 1 heterocycles. The summed E-state index contributed by atoms with van der Waals surface area (Å²) in [6.45, 7) is 6.86. The van der Waals surface area contributed by atoms with Gasteiger partial charge in [-0.3, -0.25) is 9.79 Å². The molecule has 146 valence electrons. The number of halogens is 1. The van der Waals surface area contributed by atoms with Gasteiger partial charge in [0.1, 0.15) is 0 Å². The molecule has 26 heavy (non-hydrogen) atoms. The SMILES string of the molecule is CN=C(NCCCC(=O)N1Cc2ccccc2C1)NCC(C)(C)OC.I. The van der Waals surface area contributed by atoms with E-state index in [1.807, 2.05) is 30.9 Å². The Morgan fingerprint density at radius 2 is 1.85 bits per heavy atom. The van der Waals surface area contributed by atoms with Crippen molar-refractivity contribution in [2.45, 2.75) is 45.4 Å². The topological polar surface area (TPSA) is 66.0 Å². The van der Waals surface area contributed by atoms with E-state index in [0.717, 1.165) is 25.5 Å². The minimum absolute atomic E-state index is 0. The van der Waals surface area contributed by atoms with Gasteiger partial charge in [0.25, 0.3) is 0 Å². The number of hydrogen-bond donors (Lipinski definition) is 2. The van der Waals surface area contributed by atoms with Gasteiger partial charge in [0, 0.05) is 46.8 Å². The van der Waals surface area contributed by atoms with Crippen molar-refractivity contribution in [3.05, 3.63) is 35.4 Å². The van der Waals surface area contributed by atoms with Crippen LogP contribution >= 0.6 is 24.0 Å². The van der Waals surface area contributed by atoms with Gasteiger partial charge < -0.3 is 20.3 Å². The van der Waals surface area contributed by atoms with E-state index in [1.54, 1.807) is 14.2 Å². The maximum Gasteiger partial charge on any atom is 0.223 e. The average molecular weight is 474 g/mol. The molecule has 2 N–H and O–H groups in total. The predicted molar refractivity (Wildman–Crippen MR) is 116 cm³/mol. The third-order valence-electron chi connectivity index (χ3n) is 4.51. The lowest BCUT2D eigenvalue weighted by atomic mass is 10.1. The van der Waals surface area contributed by atoms with Crippen LogP contribution in [-0.2, 0) is 22.6 Å². The standard InChI is InChI=1S/C19H30N4O2.HI/c1-19(2,25-4)14-22-18(20-3)21-11-7-10-17(24)23-12-15-8-5-6-9-16(15)13-23;/h5-6,8-9H,7,10-14H2,1-4H3,(H2,20,21,22);1H. The molecular weight excluding hydrogens is 443 g/mol. The second-order valence-electron chi connectivity index (χ2n) is 6.94. The van der Waals surface area contributed by atoms with E-state index in [4.69, 9.17) is 4.74 Å². The molecule has 0 aromatic heterocycles. The van der Waals surface area contributed by atoms with Crippen molar-refractivity contribution in [3.63, 3.8) is 0 Å². The molecule has 1 amide bonds. The molecule has 0 atom stereocenters. The summed E-state index contributed by atoms with van der Waals surface area (Å²) in [6.07, 6.45) is 1.32. The van der Waals surface area contributed by atoms with Crippen LogP contribution in [0.5, 0.6) is 0 Å². The van der Waals surface area contributed by atoms with E-state index in [2.05, 4.69) is 27.8 Å². The first kappa shape index (κ1) is 22.7. The van der Waals surface area contributed by atoms with Gasteiger partial charge in [-0.15, -0.1) is 24.0 Å². The average Bonchev–Trinajstić information content (AvgIpc) is 3.05. The van der Waals surface area contributed by atoms with Crippen molar-refractivity contribution in [3.8, 4) is 0 Å².